The highest BCUT2D eigenvalue weighted by atomic mass is 16.3. The Bertz CT molecular complexity index is 438. The van der Waals surface area contributed by atoms with Crippen LogP contribution in [0.5, 0.6) is 0 Å². The molecule has 5 heteroatoms. The Kier molecular flexibility index (Phi) is 6.02. The first-order valence-corrected chi connectivity index (χ1v) is 7.60. The molecule has 1 fully saturated rings. The van der Waals surface area contributed by atoms with Crippen LogP contribution in [0.1, 0.15) is 18.9 Å². The number of aliphatic hydroxyl groups is 1. The minimum absolute atomic E-state index is 0.0293. The molecule has 0 aliphatic carbocycles. The van der Waals surface area contributed by atoms with E-state index in [0.717, 1.165) is 26.1 Å². The van der Waals surface area contributed by atoms with Gasteiger partial charge in [0.25, 0.3) is 0 Å². The predicted octanol–water partition coefficient (Wildman–Crippen LogP) is 1.19. The Morgan fingerprint density at radius 3 is 2.81 bits per heavy atom. The molecular formula is C16H25N3O2. The molecule has 2 amide bonds. The Balaban J connectivity index is 1.78. The highest BCUT2D eigenvalue weighted by Crippen LogP contribution is 2.18. The highest BCUT2D eigenvalue weighted by molar-refractivity contribution is 5.74. The summed E-state index contributed by atoms with van der Waals surface area (Å²) in [7, 11) is 0. The van der Waals surface area contributed by atoms with Gasteiger partial charge in [0.1, 0.15) is 0 Å². The first kappa shape index (κ1) is 15.8. The van der Waals surface area contributed by atoms with Gasteiger partial charge in [0.05, 0.1) is 6.61 Å². The third kappa shape index (κ3) is 5.02. The van der Waals surface area contributed by atoms with Crippen LogP contribution in [0.15, 0.2) is 30.3 Å². The van der Waals surface area contributed by atoms with Crippen LogP contribution >= 0.6 is 0 Å². The largest absolute Gasteiger partial charge is 0.395 e. The summed E-state index contributed by atoms with van der Waals surface area (Å²) in [6, 6.07) is 10.5. The average Bonchev–Trinajstić information content (AvgIpc) is 2.49. The predicted molar refractivity (Wildman–Crippen MR) is 82.9 cm³/mol. The molecule has 2 atom stereocenters. The number of nitrogens with one attached hydrogen (secondary N) is 2. The van der Waals surface area contributed by atoms with Crippen LogP contribution in [0.2, 0.25) is 0 Å². The van der Waals surface area contributed by atoms with Gasteiger partial charge < -0.3 is 15.7 Å². The van der Waals surface area contributed by atoms with Gasteiger partial charge in [-0.15, -0.1) is 0 Å². The van der Waals surface area contributed by atoms with Crippen LogP contribution in [0.25, 0.3) is 0 Å². The lowest BCUT2D eigenvalue weighted by Crippen LogP contribution is -2.52. The molecule has 0 bridgehead atoms. The maximum Gasteiger partial charge on any atom is 0.315 e. The Hall–Kier alpha value is -1.59. The van der Waals surface area contributed by atoms with Crippen molar-refractivity contribution in [3.63, 3.8) is 0 Å². The molecule has 1 aliphatic rings. The number of aliphatic hydroxyl groups excluding tert-OH is 1. The molecule has 0 spiro atoms. The second-order valence-electron chi connectivity index (χ2n) is 5.72. The van der Waals surface area contributed by atoms with E-state index in [0.29, 0.717) is 12.5 Å². The number of carbonyl (C=O) groups excluding carboxylic acids is 1. The summed E-state index contributed by atoms with van der Waals surface area (Å²) in [5, 5.41) is 14.3. The summed E-state index contributed by atoms with van der Waals surface area (Å²) in [6.07, 6.45) is 0.959. The summed E-state index contributed by atoms with van der Waals surface area (Å²) in [5.74, 6) is 0.419. The lowest BCUT2D eigenvalue weighted by atomic mass is 9.93. The van der Waals surface area contributed by atoms with E-state index in [1.54, 1.807) is 0 Å². The third-order valence-electron chi connectivity index (χ3n) is 3.95. The number of nitrogens with zero attached hydrogens (tertiary/aromatic N) is 1. The summed E-state index contributed by atoms with van der Waals surface area (Å²) < 4.78 is 0. The van der Waals surface area contributed by atoms with E-state index < -0.39 is 0 Å². The van der Waals surface area contributed by atoms with Crippen molar-refractivity contribution in [2.24, 2.45) is 5.92 Å². The van der Waals surface area contributed by atoms with Gasteiger partial charge in [0, 0.05) is 32.2 Å². The van der Waals surface area contributed by atoms with Crippen molar-refractivity contribution >= 4 is 6.03 Å². The van der Waals surface area contributed by atoms with Crippen molar-refractivity contribution in [1.29, 1.82) is 0 Å². The molecule has 0 aromatic heterocycles. The zero-order valence-corrected chi connectivity index (χ0v) is 12.6. The minimum atomic E-state index is -0.183. The third-order valence-corrected chi connectivity index (χ3v) is 3.95. The molecule has 116 valence electrons. The van der Waals surface area contributed by atoms with Crippen molar-refractivity contribution in [2.45, 2.75) is 25.9 Å². The fraction of sp³-hybridized carbons (Fsp3) is 0.562. The summed E-state index contributed by atoms with van der Waals surface area (Å²) in [4.78, 5) is 14.1. The number of rotatable bonds is 5. The van der Waals surface area contributed by atoms with E-state index in [2.05, 4.69) is 46.7 Å². The fourth-order valence-electron chi connectivity index (χ4n) is 2.82. The van der Waals surface area contributed by atoms with E-state index in [4.69, 9.17) is 5.11 Å². The molecule has 21 heavy (non-hydrogen) atoms. The van der Waals surface area contributed by atoms with Crippen LogP contribution in [0.4, 0.5) is 4.79 Å². The smallest absolute Gasteiger partial charge is 0.315 e. The standard InChI is InChI=1S/C16H25N3O2/c1-13-11-19(12-14-5-3-2-4-6-14)9-7-15(13)18-16(21)17-8-10-20/h2-6,13,15,20H,7-12H2,1H3,(H2,17,18,21). The number of piperidine rings is 1. The zero-order valence-electron chi connectivity index (χ0n) is 12.6. The van der Waals surface area contributed by atoms with Gasteiger partial charge in [0.2, 0.25) is 0 Å². The quantitative estimate of drug-likeness (QED) is 0.763. The Morgan fingerprint density at radius 2 is 2.14 bits per heavy atom. The molecule has 0 saturated carbocycles. The molecule has 3 N–H and O–H groups in total. The van der Waals surface area contributed by atoms with Gasteiger partial charge in [-0.25, -0.2) is 4.79 Å². The van der Waals surface area contributed by atoms with Gasteiger partial charge in [-0.2, -0.15) is 0 Å². The van der Waals surface area contributed by atoms with E-state index in [9.17, 15) is 4.79 Å². The summed E-state index contributed by atoms with van der Waals surface area (Å²) in [6.45, 7) is 5.39. The first-order chi connectivity index (χ1) is 10.2. The van der Waals surface area contributed by atoms with Gasteiger partial charge >= 0.3 is 6.03 Å². The van der Waals surface area contributed by atoms with Crippen LogP contribution in [0.3, 0.4) is 0 Å². The number of hydrogen-bond acceptors (Lipinski definition) is 3. The monoisotopic (exact) mass is 291 g/mol. The average molecular weight is 291 g/mol. The Morgan fingerprint density at radius 1 is 1.38 bits per heavy atom. The lowest BCUT2D eigenvalue weighted by Gasteiger charge is -2.37. The normalized spacial score (nSPS) is 22.8. The molecule has 1 aliphatic heterocycles. The lowest BCUT2D eigenvalue weighted by molar-refractivity contribution is 0.142. The number of urea groups is 1. The topological polar surface area (TPSA) is 64.6 Å². The molecule has 5 nitrogen and oxygen atoms in total. The van der Waals surface area contributed by atoms with E-state index >= 15 is 0 Å². The second-order valence-corrected chi connectivity index (χ2v) is 5.72. The van der Waals surface area contributed by atoms with Gasteiger partial charge in [-0.3, -0.25) is 4.90 Å². The molecule has 1 heterocycles. The van der Waals surface area contributed by atoms with Crippen molar-refractivity contribution < 1.29 is 9.90 Å². The summed E-state index contributed by atoms with van der Waals surface area (Å²) >= 11 is 0. The number of benzene rings is 1. The maximum atomic E-state index is 11.6. The maximum absolute atomic E-state index is 11.6. The Labute approximate surface area is 126 Å². The molecule has 1 aromatic rings. The number of carbonyl (C=O) groups is 1. The van der Waals surface area contributed by atoms with Gasteiger partial charge in [-0.1, -0.05) is 37.3 Å². The van der Waals surface area contributed by atoms with Gasteiger partial charge in [-0.05, 0) is 17.9 Å². The summed E-state index contributed by atoms with van der Waals surface area (Å²) in [5.41, 5.74) is 1.33. The highest BCUT2D eigenvalue weighted by Gasteiger charge is 2.27. The minimum Gasteiger partial charge on any atom is -0.395 e. The van der Waals surface area contributed by atoms with Crippen LogP contribution in [0, 0.1) is 5.92 Å². The first-order valence-electron chi connectivity index (χ1n) is 7.60. The molecule has 2 rings (SSSR count). The van der Waals surface area contributed by atoms with E-state index in [1.807, 2.05) is 6.07 Å². The van der Waals surface area contributed by atoms with E-state index in [1.165, 1.54) is 5.56 Å². The molecule has 1 saturated heterocycles. The van der Waals surface area contributed by atoms with Crippen molar-refractivity contribution in [3.05, 3.63) is 35.9 Å². The molecule has 0 radical (unpaired) electrons. The zero-order chi connectivity index (χ0) is 15.1. The number of hydrogen-bond donors (Lipinski definition) is 3. The fourth-order valence-corrected chi connectivity index (χ4v) is 2.82. The van der Waals surface area contributed by atoms with Crippen LogP contribution in [-0.2, 0) is 6.54 Å². The molecule has 2 unspecified atom stereocenters. The number of likely N-dealkylation sites (tertiary alicyclic amines) is 1. The SMILES string of the molecule is CC1CN(Cc2ccccc2)CCC1NC(=O)NCCO. The molecule has 1 aromatic carbocycles. The molecular weight excluding hydrogens is 266 g/mol. The van der Waals surface area contributed by atoms with Crippen molar-refractivity contribution in [2.75, 3.05) is 26.2 Å². The van der Waals surface area contributed by atoms with Crippen molar-refractivity contribution in [3.8, 4) is 0 Å². The van der Waals surface area contributed by atoms with Crippen LogP contribution in [-0.4, -0.2) is 48.3 Å². The van der Waals surface area contributed by atoms with Crippen LogP contribution < -0.4 is 10.6 Å². The second kappa shape index (κ2) is 8.00. The van der Waals surface area contributed by atoms with Crippen molar-refractivity contribution in [1.82, 2.24) is 15.5 Å². The number of amides is 2. The van der Waals surface area contributed by atoms with Gasteiger partial charge in [0.15, 0.2) is 0 Å². The van der Waals surface area contributed by atoms with E-state index in [-0.39, 0.29) is 18.7 Å².